The van der Waals surface area contributed by atoms with Crippen LogP contribution in [0.2, 0.25) is 0 Å². The van der Waals surface area contributed by atoms with Crippen LogP contribution in [-0.2, 0) is 22.9 Å². The minimum Gasteiger partial charge on any atom is -0.390 e. The van der Waals surface area contributed by atoms with Crippen LogP contribution in [0.15, 0.2) is 0 Å². The summed E-state index contributed by atoms with van der Waals surface area (Å²) < 4.78 is 33.9. The fourth-order valence-corrected chi connectivity index (χ4v) is 2.44. The van der Waals surface area contributed by atoms with Gasteiger partial charge < -0.3 is 44.7 Å². The molecule has 0 aliphatic rings. The van der Waals surface area contributed by atoms with E-state index in [1.54, 1.807) is 0 Å². The molecule has 0 saturated heterocycles. The molecule has 0 heterocycles. The average molecular weight is 400 g/mol. The first-order valence-electron chi connectivity index (χ1n) is 6.38. The second-order valence-corrected chi connectivity index (χ2v) is 7.32. The van der Waals surface area contributed by atoms with Gasteiger partial charge in [0.15, 0.2) is 6.29 Å². The van der Waals surface area contributed by atoms with Crippen LogP contribution in [0.1, 0.15) is 6.92 Å². The zero-order chi connectivity index (χ0) is 19.3. The lowest BCUT2D eigenvalue weighted by molar-refractivity contribution is -0.193. The minimum atomic E-state index is -5.07. The van der Waals surface area contributed by atoms with Gasteiger partial charge in [-0.1, -0.05) is 6.92 Å². The molecule has 0 bridgehead atoms. The molecular weight excluding hydrogens is 378 g/mol. The van der Waals surface area contributed by atoms with Gasteiger partial charge in [0, 0.05) is 13.0 Å². The van der Waals surface area contributed by atoms with Crippen molar-refractivity contribution in [2.75, 3.05) is 13.7 Å². The summed E-state index contributed by atoms with van der Waals surface area (Å²) in [5.41, 5.74) is 0. The maximum Gasteiger partial charge on any atom is 0.472 e. The van der Waals surface area contributed by atoms with Gasteiger partial charge in [-0.25, -0.2) is 9.13 Å². The van der Waals surface area contributed by atoms with Crippen molar-refractivity contribution in [1.29, 1.82) is 0 Å². The quantitative estimate of drug-likeness (QED) is 0.130. The SMILES string of the molecule is COC(OP(=O)(O)O)C(O)C(O)C(O)C(C)[C@H](O)COP(=O)(O)O. The number of rotatable bonds is 11. The van der Waals surface area contributed by atoms with Crippen LogP contribution in [0, 0.1) is 5.92 Å². The average Bonchev–Trinajstić information content (AvgIpc) is 2.45. The molecule has 0 amide bonds. The first-order chi connectivity index (χ1) is 10.7. The topological polar surface area (TPSA) is 224 Å². The molecule has 6 atom stereocenters. The molecule has 0 aromatic rings. The number of aliphatic hydroxyl groups excluding tert-OH is 4. The molecule has 13 nitrogen and oxygen atoms in total. The number of phosphoric acid groups is 2. The van der Waals surface area contributed by atoms with Gasteiger partial charge in [0.05, 0.1) is 18.8 Å². The highest BCUT2D eigenvalue weighted by atomic mass is 31.2. The van der Waals surface area contributed by atoms with Crippen molar-refractivity contribution < 1.29 is 62.9 Å². The Labute approximate surface area is 136 Å². The first-order valence-corrected chi connectivity index (χ1v) is 9.44. The number of ether oxygens (including phenoxy) is 1. The van der Waals surface area contributed by atoms with Gasteiger partial charge in [0.2, 0.25) is 0 Å². The summed E-state index contributed by atoms with van der Waals surface area (Å²) >= 11 is 0. The number of hydrogen-bond donors (Lipinski definition) is 8. The van der Waals surface area contributed by atoms with E-state index >= 15 is 0 Å². The van der Waals surface area contributed by atoms with E-state index in [2.05, 4.69) is 13.8 Å². The van der Waals surface area contributed by atoms with Crippen molar-refractivity contribution >= 4 is 15.6 Å². The van der Waals surface area contributed by atoms with Crippen molar-refractivity contribution in [3.05, 3.63) is 0 Å². The predicted octanol–water partition coefficient (Wildman–Crippen LogP) is -2.74. The van der Waals surface area contributed by atoms with E-state index in [0.29, 0.717) is 0 Å². The molecule has 0 aliphatic carbocycles. The Morgan fingerprint density at radius 1 is 0.875 bits per heavy atom. The Kier molecular flexibility index (Phi) is 9.65. The number of methoxy groups -OCH3 is 1. The summed E-state index contributed by atoms with van der Waals surface area (Å²) in [7, 11) is -9.01. The maximum atomic E-state index is 10.7. The van der Waals surface area contributed by atoms with Crippen molar-refractivity contribution in [3.63, 3.8) is 0 Å². The number of phosphoric ester groups is 2. The van der Waals surface area contributed by atoms with E-state index in [0.717, 1.165) is 7.11 Å². The zero-order valence-electron chi connectivity index (χ0n) is 12.7. The Balaban J connectivity index is 4.84. The standard InChI is InChI=1S/C9H22O13P2/c1-4(5(10)3-21-23(14,15)16)6(11)7(12)8(13)9(20-2)22-24(17,18)19/h4-13H,3H2,1-2H3,(H2,14,15,16)(H2,17,18,19)/t4?,5-,6?,7?,8?,9?/m1/s1. The number of aliphatic hydroxyl groups is 4. The minimum absolute atomic E-state index is 0.877. The second kappa shape index (κ2) is 9.64. The summed E-state index contributed by atoms with van der Waals surface area (Å²) in [6, 6.07) is 0. The monoisotopic (exact) mass is 400 g/mol. The molecule has 146 valence electrons. The first kappa shape index (κ1) is 24.0. The third-order valence-corrected chi connectivity index (χ3v) is 3.98. The molecule has 8 N–H and O–H groups in total. The van der Waals surface area contributed by atoms with Crippen molar-refractivity contribution in [3.8, 4) is 0 Å². The van der Waals surface area contributed by atoms with Gasteiger partial charge in [-0.2, -0.15) is 0 Å². The highest BCUT2D eigenvalue weighted by Gasteiger charge is 2.39. The van der Waals surface area contributed by atoms with Gasteiger partial charge in [-0.05, 0) is 0 Å². The molecule has 0 spiro atoms. The summed E-state index contributed by atoms with van der Waals surface area (Å²) in [5, 5.41) is 39.1. The maximum absolute atomic E-state index is 10.7. The Morgan fingerprint density at radius 3 is 1.75 bits per heavy atom. The molecule has 0 aliphatic heterocycles. The van der Waals surface area contributed by atoms with E-state index in [1.165, 1.54) is 6.92 Å². The van der Waals surface area contributed by atoms with E-state index in [9.17, 15) is 29.6 Å². The fourth-order valence-electron chi connectivity index (χ4n) is 1.61. The molecule has 0 aromatic heterocycles. The van der Waals surface area contributed by atoms with E-state index in [4.69, 9.17) is 19.6 Å². The fraction of sp³-hybridized carbons (Fsp3) is 1.00. The third-order valence-electron chi connectivity index (χ3n) is 3.01. The molecule has 5 unspecified atom stereocenters. The van der Waals surface area contributed by atoms with Gasteiger partial charge in [-0.15, -0.1) is 0 Å². The van der Waals surface area contributed by atoms with Gasteiger partial charge in [0.25, 0.3) is 0 Å². The van der Waals surface area contributed by atoms with Crippen LogP contribution in [0.3, 0.4) is 0 Å². The summed E-state index contributed by atoms with van der Waals surface area (Å²) in [4.78, 5) is 34.3. The molecular formula is C9H22O13P2. The molecule has 24 heavy (non-hydrogen) atoms. The zero-order valence-corrected chi connectivity index (χ0v) is 14.5. The van der Waals surface area contributed by atoms with Crippen LogP contribution in [0.25, 0.3) is 0 Å². The lowest BCUT2D eigenvalue weighted by atomic mass is 9.92. The largest absolute Gasteiger partial charge is 0.472 e. The highest BCUT2D eigenvalue weighted by molar-refractivity contribution is 7.46. The Morgan fingerprint density at radius 2 is 1.38 bits per heavy atom. The smallest absolute Gasteiger partial charge is 0.390 e. The van der Waals surface area contributed by atoms with E-state index in [-0.39, 0.29) is 0 Å². The molecule has 15 heteroatoms. The van der Waals surface area contributed by atoms with Crippen LogP contribution >= 0.6 is 15.6 Å². The van der Waals surface area contributed by atoms with Crippen molar-refractivity contribution in [2.45, 2.75) is 37.6 Å². The summed E-state index contributed by atoms with van der Waals surface area (Å²) in [6.45, 7) is 0.290. The lowest BCUT2D eigenvalue weighted by Crippen LogP contribution is -2.50. The third kappa shape index (κ3) is 8.92. The summed E-state index contributed by atoms with van der Waals surface area (Å²) in [5.74, 6) is -1.26. The van der Waals surface area contributed by atoms with E-state index in [1.807, 2.05) is 0 Å². The molecule has 0 aromatic carbocycles. The number of hydrogen-bond acceptors (Lipinski definition) is 9. The normalized spacial score (nSPS) is 20.9. The van der Waals surface area contributed by atoms with Crippen molar-refractivity contribution in [1.82, 2.24) is 0 Å². The van der Waals surface area contributed by atoms with Crippen LogP contribution in [-0.4, -0.2) is 84.4 Å². The van der Waals surface area contributed by atoms with Gasteiger partial charge in [-0.3, -0.25) is 9.05 Å². The molecule has 0 saturated carbocycles. The van der Waals surface area contributed by atoms with Gasteiger partial charge in [0.1, 0.15) is 12.2 Å². The van der Waals surface area contributed by atoms with Crippen molar-refractivity contribution in [2.24, 2.45) is 5.92 Å². The Hall–Kier alpha value is 0.0200. The summed E-state index contributed by atoms with van der Waals surface area (Å²) in [6.07, 6.45) is -9.71. The van der Waals surface area contributed by atoms with E-state index < -0.39 is 58.9 Å². The Bertz CT molecular complexity index is 460. The van der Waals surface area contributed by atoms with Crippen LogP contribution < -0.4 is 0 Å². The van der Waals surface area contributed by atoms with Crippen LogP contribution in [0.4, 0.5) is 0 Å². The van der Waals surface area contributed by atoms with Crippen LogP contribution in [0.5, 0.6) is 0 Å². The predicted molar refractivity (Wildman–Crippen MR) is 75.1 cm³/mol. The molecule has 0 fully saturated rings. The molecule has 0 rings (SSSR count). The molecule has 0 radical (unpaired) electrons. The lowest BCUT2D eigenvalue weighted by Gasteiger charge is -2.32. The highest BCUT2D eigenvalue weighted by Crippen LogP contribution is 2.39. The van der Waals surface area contributed by atoms with Gasteiger partial charge >= 0.3 is 15.6 Å². The second-order valence-electron chi connectivity index (χ2n) is 4.88.